The second-order valence-corrected chi connectivity index (χ2v) is 9.62. The van der Waals surface area contributed by atoms with Crippen molar-refractivity contribution in [2.75, 3.05) is 0 Å². The molecule has 6 rings (SSSR count). The SMILES string of the molecule is O=C(N[B]NC(=O)OC1Cc2ccccc2C#Cc2ccccc21)OC1Cc2ccccc2C#Cc2ccccc21. The third-order valence-corrected chi connectivity index (χ3v) is 7.00. The first-order chi connectivity index (χ1) is 20.1. The van der Waals surface area contributed by atoms with Crippen LogP contribution >= 0.6 is 0 Å². The van der Waals surface area contributed by atoms with E-state index < -0.39 is 24.4 Å². The number of fused-ring (bicyclic) bond motifs is 4. The van der Waals surface area contributed by atoms with Crippen molar-refractivity contribution in [3.8, 4) is 23.7 Å². The van der Waals surface area contributed by atoms with Gasteiger partial charge in [-0.2, -0.15) is 0 Å². The predicted octanol–water partition coefficient (Wildman–Crippen LogP) is 5.37. The number of amides is 2. The maximum atomic E-state index is 12.8. The third-order valence-electron chi connectivity index (χ3n) is 7.00. The summed E-state index contributed by atoms with van der Waals surface area (Å²) in [6, 6.07) is 30.8. The van der Waals surface area contributed by atoms with Gasteiger partial charge in [0.15, 0.2) is 0 Å². The minimum absolute atomic E-state index is 0.468. The lowest BCUT2D eigenvalue weighted by molar-refractivity contribution is 0.100. The van der Waals surface area contributed by atoms with E-state index in [4.69, 9.17) is 9.47 Å². The van der Waals surface area contributed by atoms with Gasteiger partial charge in [-0.25, -0.2) is 9.59 Å². The molecule has 0 bridgehead atoms. The Kier molecular flexibility index (Phi) is 7.43. The highest BCUT2D eigenvalue weighted by Gasteiger charge is 2.24. The first-order valence-corrected chi connectivity index (χ1v) is 13.3. The van der Waals surface area contributed by atoms with Gasteiger partial charge in [-0.3, -0.25) is 0 Å². The molecule has 1 radical (unpaired) electrons. The molecule has 2 N–H and O–H groups in total. The highest BCUT2D eigenvalue weighted by Crippen LogP contribution is 2.30. The van der Waals surface area contributed by atoms with Crippen LogP contribution in [-0.4, -0.2) is 19.7 Å². The minimum Gasteiger partial charge on any atom is -0.442 e. The topological polar surface area (TPSA) is 76.7 Å². The van der Waals surface area contributed by atoms with Gasteiger partial charge in [-0.15, -0.1) is 0 Å². The van der Waals surface area contributed by atoms with E-state index in [1.807, 2.05) is 97.1 Å². The number of carbonyl (C=O) groups is 2. The number of nitrogens with one attached hydrogen (secondary N) is 2. The molecule has 6 nitrogen and oxygen atoms in total. The average Bonchev–Trinajstić information content (AvgIpc) is 2.98. The molecule has 2 atom stereocenters. The van der Waals surface area contributed by atoms with Gasteiger partial charge in [0, 0.05) is 46.2 Å². The van der Waals surface area contributed by atoms with Crippen molar-refractivity contribution in [3.05, 3.63) is 142 Å². The molecule has 7 heteroatoms. The Bertz CT molecular complexity index is 1630. The molecule has 0 heterocycles. The quantitative estimate of drug-likeness (QED) is 0.272. The van der Waals surface area contributed by atoms with E-state index in [0.717, 1.165) is 52.1 Å². The van der Waals surface area contributed by atoms with Crippen molar-refractivity contribution in [3.63, 3.8) is 0 Å². The zero-order valence-electron chi connectivity index (χ0n) is 22.0. The van der Waals surface area contributed by atoms with Crippen LogP contribution in [0.1, 0.15) is 56.7 Å². The van der Waals surface area contributed by atoms with Gasteiger partial charge in [0.25, 0.3) is 0 Å². The van der Waals surface area contributed by atoms with Gasteiger partial charge < -0.3 is 19.9 Å². The predicted molar refractivity (Wildman–Crippen MR) is 156 cm³/mol. The fourth-order valence-electron chi connectivity index (χ4n) is 5.00. The summed E-state index contributed by atoms with van der Waals surface area (Å²) in [7, 11) is 1.12. The molecule has 0 saturated carbocycles. The summed E-state index contributed by atoms with van der Waals surface area (Å²) in [6.45, 7) is 0. The standard InChI is InChI=1S/C34H24BN2O4/c38-33(40-31-21-27-13-3-1-9-23(27)17-19-25-11-5-7-15-29(25)31)36-35-37-34(39)41-32-22-28-14-4-2-10-24(28)18-20-26-12-6-8-16-30(26)32/h1-16,31-32H,21-22H2,(H,36,38)(H,37,39). The van der Waals surface area contributed by atoms with Crippen LogP contribution < -0.4 is 10.5 Å². The zero-order chi connectivity index (χ0) is 28.0. The van der Waals surface area contributed by atoms with Gasteiger partial charge in [-0.05, 0) is 35.4 Å². The van der Waals surface area contributed by atoms with Crippen LogP contribution in [0, 0.1) is 23.7 Å². The fraction of sp³-hybridized carbons (Fsp3) is 0.118. The lowest BCUT2D eigenvalue weighted by Gasteiger charge is -2.22. The van der Waals surface area contributed by atoms with E-state index >= 15 is 0 Å². The van der Waals surface area contributed by atoms with Crippen LogP contribution in [0.5, 0.6) is 0 Å². The van der Waals surface area contributed by atoms with Crippen molar-refractivity contribution in [2.45, 2.75) is 25.0 Å². The summed E-state index contributed by atoms with van der Waals surface area (Å²) in [5, 5.41) is 4.98. The number of benzene rings is 4. The molecule has 2 unspecified atom stereocenters. The van der Waals surface area contributed by atoms with E-state index in [9.17, 15) is 9.59 Å². The van der Waals surface area contributed by atoms with Gasteiger partial charge in [0.05, 0.1) is 0 Å². The molecular weight excluding hydrogens is 511 g/mol. The molecule has 0 fully saturated rings. The smallest absolute Gasteiger partial charge is 0.396 e. The zero-order valence-corrected chi connectivity index (χ0v) is 22.0. The van der Waals surface area contributed by atoms with Gasteiger partial charge >= 0.3 is 19.7 Å². The monoisotopic (exact) mass is 535 g/mol. The molecule has 0 spiro atoms. The molecular formula is C34H24BN2O4. The van der Waals surface area contributed by atoms with Crippen LogP contribution in [-0.2, 0) is 22.3 Å². The third kappa shape index (κ3) is 5.95. The molecule has 2 aliphatic rings. The molecule has 41 heavy (non-hydrogen) atoms. The summed E-state index contributed by atoms with van der Waals surface area (Å²) in [4.78, 5) is 25.6. The lowest BCUT2D eigenvalue weighted by atomic mass is 9.92. The van der Waals surface area contributed by atoms with Gasteiger partial charge in [0.1, 0.15) is 12.2 Å². The summed E-state index contributed by atoms with van der Waals surface area (Å²) < 4.78 is 11.6. The van der Waals surface area contributed by atoms with Crippen molar-refractivity contribution in [1.29, 1.82) is 0 Å². The minimum atomic E-state index is -0.711. The Balaban J connectivity index is 1.10. The fourth-order valence-corrected chi connectivity index (χ4v) is 5.00. The Morgan fingerprint density at radius 3 is 1.39 bits per heavy atom. The molecule has 197 valence electrons. The van der Waals surface area contributed by atoms with Crippen LogP contribution in [0.15, 0.2) is 97.1 Å². The molecule has 0 aliphatic heterocycles. The van der Waals surface area contributed by atoms with E-state index in [-0.39, 0.29) is 0 Å². The van der Waals surface area contributed by atoms with E-state index in [1.54, 1.807) is 0 Å². The Morgan fingerprint density at radius 2 is 0.927 bits per heavy atom. The van der Waals surface area contributed by atoms with Gasteiger partial charge in [0.2, 0.25) is 0 Å². The largest absolute Gasteiger partial charge is 0.442 e. The van der Waals surface area contributed by atoms with Gasteiger partial charge in [-0.1, -0.05) is 96.5 Å². The van der Waals surface area contributed by atoms with Crippen LogP contribution in [0.4, 0.5) is 9.59 Å². The summed E-state index contributed by atoms with van der Waals surface area (Å²) in [5.41, 5.74) is 7.03. The highest BCUT2D eigenvalue weighted by atomic mass is 16.6. The summed E-state index contributed by atoms with van der Waals surface area (Å²) >= 11 is 0. The van der Waals surface area contributed by atoms with Crippen molar-refractivity contribution < 1.29 is 19.1 Å². The normalized spacial score (nSPS) is 15.8. The van der Waals surface area contributed by atoms with E-state index in [0.29, 0.717) is 12.8 Å². The van der Waals surface area contributed by atoms with E-state index in [1.165, 1.54) is 0 Å². The Hall–Kier alpha value is -5.40. The van der Waals surface area contributed by atoms with Crippen molar-refractivity contribution in [1.82, 2.24) is 10.5 Å². The Labute approximate surface area is 239 Å². The molecule has 2 aliphatic carbocycles. The second-order valence-electron chi connectivity index (χ2n) is 9.62. The maximum absolute atomic E-state index is 12.8. The van der Waals surface area contributed by atoms with Crippen LogP contribution in [0.3, 0.4) is 0 Å². The second kappa shape index (κ2) is 11.8. The first-order valence-electron chi connectivity index (χ1n) is 13.3. The molecule has 0 saturated heterocycles. The molecule has 2 amide bonds. The van der Waals surface area contributed by atoms with Crippen molar-refractivity contribution >= 4 is 19.7 Å². The average molecular weight is 535 g/mol. The van der Waals surface area contributed by atoms with Crippen LogP contribution in [0.25, 0.3) is 0 Å². The van der Waals surface area contributed by atoms with Crippen molar-refractivity contribution in [2.24, 2.45) is 0 Å². The molecule has 4 aromatic rings. The number of rotatable bonds is 4. The number of carbonyl (C=O) groups excluding carboxylic acids is 2. The summed E-state index contributed by atoms with van der Waals surface area (Å²) in [5.74, 6) is 12.8. The number of hydrogen-bond acceptors (Lipinski definition) is 4. The van der Waals surface area contributed by atoms with Crippen LogP contribution in [0.2, 0.25) is 0 Å². The van der Waals surface area contributed by atoms with E-state index in [2.05, 4.69) is 34.1 Å². The lowest BCUT2D eigenvalue weighted by Crippen LogP contribution is -2.42. The summed E-state index contributed by atoms with van der Waals surface area (Å²) in [6.07, 6.45) is -1.61. The first kappa shape index (κ1) is 25.9. The Morgan fingerprint density at radius 1 is 0.561 bits per heavy atom. The number of ether oxygens (including phenoxy) is 2. The maximum Gasteiger partial charge on any atom is 0.396 e. The molecule has 0 aromatic heterocycles. The number of hydrogen-bond donors (Lipinski definition) is 2. The highest BCUT2D eigenvalue weighted by molar-refractivity contribution is 6.37. The molecule has 4 aromatic carbocycles.